The van der Waals surface area contributed by atoms with Crippen molar-refractivity contribution in [3.05, 3.63) is 89.5 Å². The van der Waals surface area contributed by atoms with Gasteiger partial charge in [0.25, 0.3) is 0 Å². The summed E-state index contributed by atoms with van der Waals surface area (Å²) >= 11 is 0. The molecule has 41 heavy (non-hydrogen) atoms. The van der Waals surface area contributed by atoms with Crippen LogP contribution in [0.25, 0.3) is 0 Å². The Morgan fingerprint density at radius 1 is 0.732 bits per heavy atom. The zero-order valence-corrected chi connectivity index (χ0v) is 23.7. The van der Waals surface area contributed by atoms with Crippen LogP contribution in [0.1, 0.15) is 47.5 Å². The van der Waals surface area contributed by atoms with Gasteiger partial charge >= 0.3 is 11.9 Å². The van der Waals surface area contributed by atoms with Crippen LogP contribution in [0.3, 0.4) is 0 Å². The summed E-state index contributed by atoms with van der Waals surface area (Å²) in [5.41, 5.74) is -0.891. The molecule has 1 aliphatic rings. The quantitative estimate of drug-likeness (QED) is 0.178. The normalized spacial score (nSPS) is 19.2. The van der Waals surface area contributed by atoms with Gasteiger partial charge in [-0.3, -0.25) is 14.4 Å². The molecule has 1 saturated heterocycles. The van der Waals surface area contributed by atoms with Crippen LogP contribution in [0.2, 0.25) is 0 Å². The van der Waals surface area contributed by atoms with Crippen molar-refractivity contribution in [2.75, 3.05) is 34.5 Å². The molecule has 0 saturated carbocycles. The van der Waals surface area contributed by atoms with E-state index in [0.29, 0.717) is 33.9 Å². The first-order valence-electron chi connectivity index (χ1n) is 13.3. The van der Waals surface area contributed by atoms with E-state index in [-0.39, 0.29) is 13.2 Å². The summed E-state index contributed by atoms with van der Waals surface area (Å²) in [4.78, 5) is 42.7. The Balaban J connectivity index is 2.04. The van der Waals surface area contributed by atoms with Gasteiger partial charge in [0, 0.05) is 5.56 Å². The third kappa shape index (κ3) is 5.37. The maximum Gasteiger partial charge on any atom is 0.327 e. The molecule has 0 aromatic heterocycles. The molecule has 4 rings (SSSR count). The minimum absolute atomic E-state index is 0.0252. The molecule has 0 bridgehead atoms. The van der Waals surface area contributed by atoms with Crippen molar-refractivity contribution >= 4 is 17.7 Å². The van der Waals surface area contributed by atoms with Gasteiger partial charge in [-0.15, -0.1) is 0 Å². The van der Waals surface area contributed by atoms with Crippen LogP contribution < -0.4 is 14.2 Å². The second kappa shape index (κ2) is 12.9. The SMILES string of the molecule is CCOC(=O)C1(C(=O)OCC)[C@H](C(=O)c2ccccc2)[C@@H](c2ccc(OC)c(OC)c2)O[C@H]1c1ccc(OC)cc1. The molecule has 0 amide bonds. The summed E-state index contributed by atoms with van der Waals surface area (Å²) in [5, 5.41) is 0. The highest BCUT2D eigenvalue weighted by Crippen LogP contribution is 2.60. The Bertz CT molecular complexity index is 1350. The number of ketones is 1. The van der Waals surface area contributed by atoms with Crippen LogP contribution in [0.4, 0.5) is 0 Å². The number of rotatable bonds is 11. The topological polar surface area (TPSA) is 107 Å². The fourth-order valence-electron chi connectivity index (χ4n) is 5.33. The summed E-state index contributed by atoms with van der Waals surface area (Å²) < 4.78 is 33.9. The molecular weight excluding hydrogens is 528 g/mol. The summed E-state index contributed by atoms with van der Waals surface area (Å²) in [5.74, 6) is -2.21. The molecular formula is C32H34O9. The molecule has 0 unspecified atom stereocenters. The maximum absolute atomic E-state index is 14.4. The van der Waals surface area contributed by atoms with Crippen molar-refractivity contribution in [2.45, 2.75) is 26.1 Å². The summed E-state index contributed by atoms with van der Waals surface area (Å²) in [7, 11) is 4.53. The lowest BCUT2D eigenvalue weighted by molar-refractivity contribution is -0.178. The third-order valence-electron chi connectivity index (χ3n) is 7.21. The van der Waals surface area contributed by atoms with Gasteiger partial charge in [-0.05, 0) is 49.2 Å². The number of hydrogen-bond acceptors (Lipinski definition) is 9. The smallest absolute Gasteiger partial charge is 0.327 e. The molecule has 1 fully saturated rings. The van der Waals surface area contributed by atoms with Crippen LogP contribution in [-0.2, 0) is 23.8 Å². The Kier molecular flexibility index (Phi) is 9.29. The number of esters is 2. The van der Waals surface area contributed by atoms with E-state index in [9.17, 15) is 14.4 Å². The number of carbonyl (C=O) groups excluding carboxylic acids is 3. The zero-order valence-electron chi connectivity index (χ0n) is 23.7. The molecule has 3 atom stereocenters. The van der Waals surface area contributed by atoms with E-state index >= 15 is 0 Å². The Hall–Kier alpha value is -4.37. The van der Waals surface area contributed by atoms with E-state index < -0.39 is 41.3 Å². The highest BCUT2D eigenvalue weighted by Gasteiger charge is 2.70. The fourth-order valence-corrected chi connectivity index (χ4v) is 5.33. The molecule has 9 heteroatoms. The van der Waals surface area contributed by atoms with Crippen molar-refractivity contribution < 1.29 is 42.8 Å². The number of hydrogen-bond donors (Lipinski definition) is 0. The Morgan fingerprint density at radius 3 is 1.85 bits per heavy atom. The van der Waals surface area contributed by atoms with E-state index in [1.807, 2.05) is 0 Å². The van der Waals surface area contributed by atoms with Gasteiger partial charge < -0.3 is 28.4 Å². The van der Waals surface area contributed by atoms with Gasteiger partial charge in [-0.1, -0.05) is 48.5 Å². The zero-order chi connectivity index (χ0) is 29.6. The first kappa shape index (κ1) is 29.6. The monoisotopic (exact) mass is 562 g/mol. The largest absolute Gasteiger partial charge is 0.497 e. The lowest BCUT2D eigenvalue weighted by Gasteiger charge is -2.33. The maximum atomic E-state index is 14.4. The second-order valence-corrected chi connectivity index (χ2v) is 9.34. The summed E-state index contributed by atoms with van der Waals surface area (Å²) in [6.45, 7) is 3.22. The third-order valence-corrected chi connectivity index (χ3v) is 7.21. The van der Waals surface area contributed by atoms with Crippen molar-refractivity contribution in [2.24, 2.45) is 11.3 Å². The summed E-state index contributed by atoms with van der Waals surface area (Å²) in [6, 6.07) is 20.3. The average Bonchev–Trinajstić information content (AvgIpc) is 3.38. The van der Waals surface area contributed by atoms with Crippen LogP contribution in [0.5, 0.6) is 17.2 Å². The number of carbonyl (C=O) groups is 3. The molecule has 1 aliphatic heterocycles. The van der Waals surface area contributed by atoms with E-state index in [0.717, 1.165) is 0 Å². The number of ether oxygens (including phenoxy) is 6. The van der Waals surface area contributed by atoms with Gasteiger partial charge in [-0.25, -0.2) is 0 Å². The lowest BCUT2D eigenvalue weighted by Crippen LogP contribution is -2.51. The molecule has 0 radical (unpaired) electrons. The van der Waals surface area contributed by atoms with Gasteiger partial charge in [0.1, 0.15) is 11.9 Å². The molecule has 0 spiro atoms. The van der Waals surface area contributed by atoms with Gasteiger partial charge in [-0.2, -0.15) is 0 Å². The molecule has 0 N–H and O–H groups in total. The summed E-state index contributed by atoms with van der Waals surface area (Å²) in [6.07, 6.45) is -2.30. The molecule has 216 valence electrons. The van der Waals surface area contributed by atoms with Crippen molar-refractivity contribution in [1.82, 2.24) is 0 Å². The second-order valence-electron chi connectivity index (χ2n) is 9.34. The number of methoxy groups -OCH3 is 3. The van der Waals surface area contributed by atoms with Gasteiger partial charge in [0.15, 0.2) is 17.3 Å². The molecule has 3 aromatic carbocycles. The highest BCUT2D eigenvalue weighted by atomic mass is 16.6. The van der Waals surface area contributed by atoms with Crippen molar-refractivity contribution in [3.63, 3.8) is 0 Å². The molecule has 0 aliphatic carbocycles. The standard InChI is InChI=1S/C32H34O9/c1-6-39-30(34)32(31(35)40-7-2)26(27(33)20-11-9-8-10-12-20)28(22-15-18-24(37-4)25(19-22)38-5)41-29(32)21-13-16-23(36-3)17-14-21/h8-19,26,28-29H,6-7H2,1-5H3/t26-,28-,29+/m1/s1. The number of benzene rings is 3. The number of Topliss-reactive ketones (excluding diaryl/α,β-unsaturated/α-hetero) is 1. The molecule has 1 heterocycles. The first-order chi connectivity index (χ1) is 19.9. The lowest BCUT2D eigenvalue weighted by atomic mass is 9.66. The van der Waals surface area contributed by atoms with E-state index in [1.165, 1.54) is 21.3 Å². The molecule has 9 nitrogen and oxygen atoms in total. The van der Waals surface area contributed by atoms with Crippen LogP contribution >= 0.6 is 0 Å². The van der Waals surface area contributed by atoms with E-state index in [1.54, 1.807) is 86.6 Å². The highest BCUT2D eigenvalue weighted by molar-refractivity contribution is 6.10. The first-order valence-corrected chi connectivity index (χ1v) is 13.3. The Labute approximate surface area is 239 Å². The van der Waals surface area contributed by atoms with Crippen LogP contribution in [0.15, 0.2) is 72.8 Å². The van der Waals surface area contributed by atoms with E-state index in [2.05, 4.69) is 0 Å². The van der Waals surface area contributed by atoms with Crippen molar-refractivity contribution in [3.8, 4) is 17.2 Å². The van der Waals surface area contributed by atoms with Gasteiger partial charge in [0.2, 0.25) is 5.41 Å². The minimum atomic E-state index is -2.18. The van der Waals surface area contributed by atoms with Crippen LogP contribution in [-0.4, -0.2) is 52.3 Å². The predicted octanol–water partition coefficient (Wildman–Crippen LogP) is 5.14. The fraction of sp³-hybridized carbons (Fsp3) is 0.344. The molecule has 3 aromatic rings. The minimum Gasteiger partial charge on any atom is -0.497 e. The predicted molar refractivity (Wildman–Crippen MR) is 149 cm³/mol. The van der Waals surface area contributed by atoms with Crippen molar-refractivity contribution in [1.29, 1.82) is 0 Å². The Morgan fingerprint density at radius 2 is 1.32 bits per heavy atom. The van der Waals surface area contributed by atoms with Gasteiger partial charge in [0.05, 0.1) is 46.6 Å². The van der Waals surface area contributed by atoms with Crippen LogP contribution in [0, 0.1) is 11.3 Å². The average molecular weight is 563 g/mol. The van der Waals surface area contributed by atoms with E-state index in [4.69, 9.17) is 28.4 Å².